The van der Waals surface area contributed by atoms with Crippen molar-refractivity contribution in [2.45, 2.75) is 137 Å². The van der Waals surface area contributed by atoms with Crippen molar-refractivity contribution in [1.29, 1.82) is 0 Å². The molecule has 4 rings (SSSR count). The first kappa shape index (κ1) is 38.5. The molecule has 0 spiro atoms. The third-order valence-corrected chi connectivity index (χ3v) is 8.57. The Bertz CT molecular complexity index is 1010. The standard InChI is InChI=1S/C26H45NO20/c1-6-12(32)21(46-24-18(38)16(36)13(33)8(3-28)43-24)19(39)25(41-6)47-22-17(37)14(34)9(4-29)44-26(22)45-20-10(5-30)42-23(40)11(15(20)35)27-7(2)31/h6,8-26,28-30,32-40H,3-5H2,1-2H3,(H,27,31)/t6-,8+,9+,10+,11+,12+,13+,14-,15+,16-,17-,18+,19-,20+,21+,22+,23+,24-,25-,26-/m0/s1. The van der Waals surface area contributed by atoms with Crippen molar-refractivity contribution in [3.8, 4) is 0 Å². The van der Waals surface area contributed by atoms with Crippen LogP contribution < -0.4 is 5.32 Å². The molecule has 0 aromatic rings. The van der Waals surface area contributed by atoms with Crippen LogP contribution in [-0.4, -0.2) is 210 Å². The lowest BCUT2D eigenvalue weighted by Gasteiger charge is -2.49. The highest BCUT2D eigenvalue weighted by Crippen LogP contribution is 2.34. The van der Waals surface area contributed by atoms with Gasteiger partial charge in [-0.05, 0) is 6.92 Å². The monoisotopic (exact) mass is 691 g/mol. The van der Waals surface area contributed by atoms with Crippen molar-refractivity contribution < 1.29 is 99.2 Å². The number of carbonyl (C=O) groups is 1. The highest BCUT2D eigenvalue weighted by molar-refractivity contribution is 5.73. The molecule has 0 aromatic heterocycles. The number of rotatable bonds is 10. The van der Waals surface area contributed by atoms with Crippen molar-refractivity contribution in [2.24, 2.45) is 0 Å². The number of nitrogens with one attached hydrogen (secondary N) is 1. The van der Waals surface area contributed by atoms with Gasteiger partial charge < -0.3 is 99.8 Å². The van der Waals surface area contributed by atoms with E-state index in [1.54, 1.807) is 0 Å². The fraction of sp³-hybridized carbons (Fsp3) is 0.962. The van der Waals surface area contributed by atoms with Crippen LogP contribution in [0.25, 0.3) is 0 Å². The summed E-state index contributed by atoms with van der Waals surface area (Å²) in [6.45, 7) is -0.00925. The highest BCUT2D eigenvalue weighted by atomic mass is 16.8. The first-order valence-corrected chi connectivity index (χ1v) is 15.0. The molecule has 4 heterocycles. The van der Waals surface area contributed by atoms with Gasteiger partial charge in [0.05, 0.1) is 25.9 Å². The molecule has 0 aromatic carbocycles. The lowest BCUT2D eigenvalue weighted by molar-refractivity contribution is -0.392. The van der Waals surface area contributed by atoms with E-state index in [0.29, 0.717) is 0 Å². The van der Waals surface area contributed by atoms with Crippen molar-refractivity contribution in [1.82, 2.24) is 5.32 Å². The van der Waals surface area contributed by atoms with E-state index in [2.05, 4.69) is 5.32 Å². The molecular formula is C26H45NO20. The fourth-order valence-electron chi connectivity index (χ4n) is 5.87. The summed E-state index contributed by atoms with van der Waals surface area (Å²) in [7, 11) is 0. The fourth-order valence-corrected chi connectivity index (χ4v) is 5.87. The van der Waals surface area contributed by atoms with Crippen LogP contribution in [0.15, 0.2) is 0 Å². The van der Waals surface area contributed by atoms with E-state index >= 15 is 0 Å². The minimum absolute atomic E-state index is 0.660. The van der Waals surface area contributed by atoms with E-state index in [1.165, 1.54) is 6.92 Å². The van der Waals surface area contributed by atoms with Crippen LogP contribution >= 0.6 is 0 Å². The molecule has 274 valence electrons. The molecule has 20 atom stereocenters. The minimum atomic E-state index is -1.97. The minimum Gasteiger partial charge on any atom is -0.394 e. The maximum Gasteiger partial charge on any atom is 0.217 e. The molecule has 4 fully saturated rings. The SMILES string of the molecule is CC(=O)N[C@@H]1[C@@H](O)[C@H](O[C@@H]2O[C@H](CO)[C@H](O)[C@H](O)[C@H]2O[C@@H]2O[C@@H](C)[C@@H](O)[C@@H](O[C@@H]3O[C@H](CO)[C@@H](O)[C@H](O)[C@H]3O)[C@@H]2O)[C@@H](CO)O[C@H]1O. The molecule has 4 aliphatic rings. The van der Waals surface area contributed by atoms with Gasteiger partial charge in [-0.2, -0.15) is 0 Å². The van der Waals surface area contributed by atoms with Gasteiger partial charge >= 0.3 is 0 Å². The molecule has 21 heteroatoms. The van der Waals surface area contributed by atoms with Crippen LogP contribution in [0.5, 0.6) is 0 Å². The highest BCUT2D eigenvalue weighted by Gasteiger charge is 2.55. The van der Waals surface area contributed by atoms with Crippen molar-refractivity contribution >= 4 is 5.91 Å². The zero-order valence-corrected chi connectivity index (χ0v) is 25.3. The van der Waals surface area contributed by atoms with Gasteiger partial charge in [0.2, 0.25) is 5.91 Å². The number of ether oxygens (including phenoxy) is 7. The average molecular weight is 692 g/mol. The second-order valence-electron chi connectivity index (χ2n) is 11.9. The molecule has 21 nitrogen and oxygen atoms in total. The summed E-state index contributed by atoms with van der Waals surface area (Å²) in [6, 6.07) is -1.46. The number of amides is 1. The summed E-state index contributed by atoms with van der Waals surface area (Å²) >= 11 is 0. The average Bonchev–Trinajstić information content (AvgIpc) is 3.03. The number of aliphatic hydroxyl groups is 12. The van der Waals surface area contributed by atoms with Crippen LogP contribution in [-0.2, 0) is 38.0 Å². The molecule has 1 amide bonds. The normalized spacial score (nSPS) is 51.0. The van der Waals surface area contributed by atoms with E-state index < -0.39 is 148 Å². The summed E-state index contributed by atoms with van der Waals surface area (Å²) in [5, 5.41) is 127. The van der Waals surface area contributed by atoms with Gasteiger partial charge in [0.25, 0.3) is 0 Å². The lowest BCUT2D eigenvalue weighted by atomic mass is 9.95. The van der Waals surface area contributed by atoms with Gasteiger partial charge in [-0.25, -0.2) is 0 Å². The Morgan fingerprint density at radius 3 is 1.64 bits per heavy atom. The number of hydrogen-bond acceptors (Lipinski definition) is 20. The maximum absolute atomic E-state index is 11.7. The third kappa shape index (κ3) is 8.04. The van der Waals surface area contributed by atoms with Gasteiger partial charge in [-0.15, -0.1) is 0 Å². The Morgan fingerprint density at radius 1 is 0.553 bits per heavy atom. The topological polar surface area (TPSA) is 336 Å². The van der Waals surface area contributed by atoms with Crippen LogP contribution in [0.4, 0.5) is 0 Å². The summed E-state index contributed by atoms with van der Waals surface area (Å²) in [5.41, 5.74) is 0. The predicted molar refractivity (Wildman–Crippen MR) is 144 cm³/mol. The molecule has 0 aliphatic carbocycles. The maximum atomic E-state index is 11.7. The summed E-state index contributed by atoms with van der Waals surface area (Å²) < 4.78 is 39.0. The molecule has 0 radical (unpaired) electrons. The Kier molecular flexibility index (Phi) is 13.2. The quantitative estimate of drug-likeness (QED) is 0.101. The molecular weight excluding hydrogens is 646 g/mol. The van der Waals surface area contributed by atoms with Crippen LogP contribution in [0.2, 0.25) is 0 Å². The van der Waals surface area contributed by atoms with Gasteiger partial charge in [0, 0.05) is 6.92 Å². The molecule has 0 saturated carbocycles. The number of aliphatic hydroxyl groups excluding tert-OH is 12. The molecule has 4 saturated heterocycles. The number of hydrogen-bond donors (Lipinski definition) is 13. The summed E-state index contributed by atoms with van der Waals surface area (Å²) in [6.07, 6.45) is -32.4. The van der Waals surface area contributed by atoms with E-state index in [-0.39, 0.29) is 0 Å². The van der Waals surface area contributed by atoms with Crippen molar-refractivity contribution in [2.75, 3.05) is 19.8 Å². The van der Waals surface area contributed by atoms with Crippen LogP contribution in [0.1, 0.15) is 13.8 Å². The van der Waals surface area contributed by atoms with Gasteiger partial charge in [0.1, 0.15) is 91.5 Å². The molecule has 4 aliphatic heterocycles. The smallest absolute Gasteiger partial charge is 0.217 e. The lowest BCUT2D eigenvalue weighted by Crippen LogP contribution is -2.68. The second kappa shape index (κ2) is 16.2. The Hall–Kier alpha value is -1.29. The molecule has 13 N–H and O–H groups in total. The third-order valence-electron chi connectivity index (χ3n) is 8.57. The summed E-state index contributed by atoms with van der Waals surface area (Å²) in [5.74, 6) is -0.660. The van der Waals surface area contributed by atoms with Crippen molar-refractivity contribution in [3.63, 3.8) is 0 Å². The van der Waals surface area contributed by atoms with Crippen LogP contribution in [0.3, 0.4) is 0 Å². The molecule has 0 unspecified atom stereocenters. The van der Waals surface area contributed by atoms with Gasteiger partial charge in [-0.3, -0.25) is 4.79 Å². The van der Waals surface area contributed by atoms with E-state index in [0.717, 1.165) is 6.92 Å². The van der Waals surface area contributed by atoms with Gasteiger partial charge in [0.15, 0.2) is 25.2 Å². The Balaban J connectivity index is 1.57. The first-order valence-electron chi connectivity index (χ1n) is 15.0. The van der Waals surface area contributed by atoms with E-state index in [1.807, 2.05) is 0 Å². The predicted octanol–water partition coefficient (Wildman–Crippen LogP) is -8.58. The van der Waals surface area contributed by atoms with Crippen LogP contribution in [0, 0.1) is 0 Å². The van der Waals surface area contributed by atoms with Crippen molar-refractivity contribution in [3.05, 3.63) is 0 Å². The van der Waals surface area contributed by atoms with E-state index in [9.17, 15) is 66.1 Å². The zero-order valence-electron chi connectivity index (χ0n) is 25.3. The van der Waals surface area contributed by atoms with E-state index in [4.69, 9.17) is 33.2 Å². The summed E-state index contributed by atoms with van der Waals surface area (Å²) in [4.78, 5) is 11.7. The number of carbonyl (C=O) groups excluding carboxylic acids is 1. The molecule has 0 bridgehead atoms. The Morgan fingerprint density at radius 2 is 1.06 bits per heavy atom. The zero-order chi connectivity index (χ0) is 34.9. The molecule has 47 heavy (non-hydrogen) atoms. The van der Waals surface area contributed by atoms with Gasteiger partial charge in [-0.1, -0.05) is 0 Å². The largest absolute Gasteiger partial charge is 0.394 e. The first-order chi connectivity index (χ1) is 22.1. The Labute approximate surface area is 267 Å². The second-order valence-corrected chi connectivity index (χ2v) is 11.9.